The van der Waals surface area contributed by atoms with Gasteiger partial charge in [-0.15, -0.1) is 0 Å². The highest BCUT2D eigenvalue weighted by atomic mass is 32.1. The summed E-state index contributed by atoms with van der Waals surface area (Å²) in [4.78, 5) is 45.4. The third-order valence-electron chi connectivity index (χ3n) is 6.18. The van der Waals surface area contributed by atoms with Crippen molar-refractivity contribution in [2.45, 2.75) is 31.6 Å². The number of amides is 2. The van der Waals surface area contributed by atoms with Crippen LogP contribution in [0.5, 0.6) is 0 Å². The van der Waals surface area contributed by atoms with Crippen molar-refractivity contribution < 1.29 is 14.4 Å². The molecular formula is C24H23N3O3S2. The first-order valence-corrected chi connectivity index (χ1v) is 12.5. The summed E-state index contributed by atoms with van der Waals surface area (Å²) in [7, 11) is 0. The molecule has 1 saturated heterocycles. The van der Waals surface area contributed by atoms with Crippen molar-refractivity contribution in [3.63, 3.8) is 0 Å². The van der Waals surface area contributed by atoms with E-state index in [4.69, 9.17) is 0 Å². The minimum Gasteiger partial charge on any atom is -0.342 e. The zero-order valence-electron chi connectivity index (χ0n) is 17.5. The van der Waals surface area contributed by atoms with Gasteiger partial charge in [-0.25, -0.2) is 4.98 Å². The summed E-state index contributed by atoms with van der Waals surface area (Å²) in [6, 6.07) is 12.1. The number of hydrogen-bond acceptors (Lipinski definition) is 6. The van der Waals surface area contributed by atoms with E-state index in [1.807, 2.05) is 28.5 Å². The van der Waals surface area contributed by atoms with Crippen LogP contribution in [0.1, 0.15) is 56.5 Å². The van der Waals surface area contributed by atoms with Crippen LogP contribution in [-0.2, 0) is 11.2 Å². The molecule has 2 atom stereocenters. The molecule has 0 bridgehead atoms. The van der Waals surface area contributed by atoms with Crippen molar-refractivity contribution in [3.8, 4) is 0 Å². The van der Waals surface area contributed by atoms with Crippen LogP contribution < -0.4 is 5.32 Å². The number of anilines is 1. The molecule has 2 unspecified atom stereocenters. The summed E-state index contributed by atoms with van der Waals surface area (Å²) in [5.41, 5.74) is 2.46. The van der Waals surface area contributed by atoms with Gasteiger partial charge in [0.15, 0.2) is 10.9 Å². The van der Waals surface area contributed by atoms with Gasteiger partial charge in [0, 0.05) is 37.2 Å². The molecule has 6 nitrogen and oxygen atoms in total. The van der Waals surface area contributed by atoms with Crippen molar-refractivity contribution in [3.05, 3.63) is 68.9 Å². The molecule has 164 valence electrons. The van der Waals surface area contributed by atoms with E-state index in [2.05, 4.69) is 22.4 Å². The van der Waals surface area contributed by atoms with E-state index in [9.17, 15) is 14.4 Å². The third kappa shape index (κ3) is 4.25. The maximum atomic E-state index is 13.3. The summed E-state index contributed by atoms with van der Waals surface area (Å²) in [6.45, 7) is 1.43. The molecule has 2 amide bonds. The summed E-state index contributed by atoms with van der Waals surface area (Å²) in [6.07, 6.45) is 2.68. The fraction of sp³-hybridized carbons (Fsp3) is 0.333. The Bertz CT molecular complexity index is 1140. The van der Waals surface area contributed by atoms with Crippen LogP contribution in [-0.4, -0.2) is 40.6 Å². The SMILES string of the molecule is O=C(Nc1nc2c(s1)C(=O)CC(C(=O)N1CCCC(c3ccccc3)C1)C2)c1ccsc1. The lowest BCUT2D eigenvalue weighted by Crippen LogP contribution is -2.44. The molecule has 8 heteroatoms. The van der Waals surface area contributed by atoms with Gasteiger partial charge < -0.3 is 4.90 Å². The molecule has 0 spiro atoms. The van der Waals surface area contributed by atoms with Crippen LogP contribution in [0.25, 0.3) is 0 Å². The zero-order chi connectivity index (χ0) is 22.1. The van der Waals surface area contributed by atoms with Crippen molar-refractivity contribution in [1.29, 1.82) is 0 Å². The number of nitrogens with one attached hydrogen (secondary N) is 1. The molecule has 1 aromatic carbocycles. The van der Waals surface area contributed by atoms with E-state index in [-0.39, 0.29) is 29.9 Å². The van der Waals surface area contributed by atoms with Crippen LogP contribution in [0.4, 0.5) is 5.13 Å². The largest absolute Gasteiger partial charge is 0.342 e. The van der Waals surface area contributed by atoms with E-state index in [0.29, 0.717) is 40.1 Å². The molecule has 1 fully saturated rings. The molecule has 0 saturated carbocycles. The van der Waals surface area contributed by atoms with Crippen LogP contribution in [0.15, 0.2) is 47.2 Å². The second-order valence-electron chi connectivity index (χ2n) is 8.32. The van der Waals surface area contributed by atoms with Crippen LogP contribution in [0, 0.1) is 5.92 Å². The Morgan fingerprint density at radius 1 is 1.12 bits per heavy atom. The number of carbonyl (C=O) groups is 3. The number of benzene rings is 1. The van der Waals surface area contributed by atoms with Gasteiger partial charge in [-0.1, -0.05) is 41.7 Å². The number of thiazole rings is 1. The van der Waals surface area contributed by atoms with E-state index < -0.39 is 0 Å². The number of nitrogens with zero attached hydrogens (tertiary/aromatic N) is 2. The first-order chi connectivity index (χ1) is 15.6. The van der Waals surface area contributed by atoms with Crippen LogP contribution in [0.2, 0.25) is 0 Å². The van der Waals surface area contributed by atoms with Crippen molar-refractivity contribution in [1.82, 2.24) is 9.88 Å². The summed E-state index contributed by atoms with van der Waals surface area (Å²) < 4.78 is 0. The van der Waals surface area contributed by atoms with E-state index >= 15 is 0 Å². The van der Waals surface area contributed by atoms with Gasteiger partial charge in [0.05, 0.1) is 22.1 Å². The molecule has 2 aliphatic rings. The Morgan fingerprint density at radius 2 is 1.97 bits per heavy atom. The quantitative estimate of drug-likeness (QED) is 0.610. The molecule has 3 heterocycles. The maximum absolute atomic E-state index is 13.3. The molecule has 0 radical (unpaired) electrons. The average molecular weight is 466 g/mol. The summed E-state index contributed by atoms with van der Waals surface area (Å²) in [5.74, 6) is -0.303. The van der Waals surface area contributed by atoms with Crippen LogP contribution in [0.3, 0.4) is 0 Å². The lowest BCUT2D eigenvalue weighted by molar-refractivity contribution is -0.136. The van der Waals surface area contributed by atoms with Gasteiger partial charge >= 0.3 is 0 Å². The van der Waals surface area contributed by atoms with Crippen molar-refractivity contribution >= 4 is 45.4 Å². The highest BCUT2D eigenvalue weighted by Gasteiger charge is 2.36. The van der Waals surface area contributed by atoms with Crippen molar-refractivity contribution in [2.24, 2.45) is 5.92 Å². The Morgan fingerprint density at radius 3 is 2.75 bits per heavy atom. The van der Waals surface area contributed by atoms with Gasteiger partial charge in [-0.2, -0.15) is 11.3 Å². The number of carbonyl (C=O) groups excluding carboxylic acids is 3. The van der Waals surface area contributed by atoms with Crippen LogP contribution >= 0.6 is 22.7 Å². The number of Topliss-reactive ketones (excluding diaryl/α,β-unsaturated/α-hetero) is 1. The Balaban J connectivity index is 1.27. The molecule has 5 rings (SSSR count). The third-order valence-corrected chi connectivity index (χ3v) is 7.92. The van der Waals surface area contributed by atoms with Gasteiger partial charge in [0.2, 0.25) is 5.91 Å². The summed E-state index contributed by atoms with van der Waals surface area (Å²) in [5, 5.41) is 6.80. The topological polar surface area (TPSA) is 79.4 Å². The van der Waals surface area contributed by atoms with Crippen molar-refractivity contribution in [2.75, 3.05) is 18.4 Å². The number of ketones is 1. The molecule has 1 aliphatic heterocycles. The van der Waals surface area contributed by atoms with E-state index in [1.165, 1.54) is 28.2 Å². The molecule has 32 heavy (non-hydrogen) atoms. The highest BCUT2D eigenvalue weighted by Crippen LogP contribution is 2.35. The number of rotatable bonds is 4. The van der Waals surface area contributed by atoms with E-state index in [0.717, 1.165) is 19.4 Å². The Labute approximate surface area is 194 Å². The van der Waals surface area contributed by atoms with Gasteiger partial charge in [0.25, 0.3) is 5.91 Å². The predicted octanol–water partition coefficient (Wildman–Crippen LogP) is 4.61. The predicted molar refractivity (Wildman–Crippen MR) is 126 cm³/mol. The highest BCUT2D eigenvalue weighted by molar-refractivity contribution is 7.17. The number of aromatic nitrogens is 1. The van der Waals surface area contributed by atoms with Gasteiger partial charge in [0.1, 0.15) is 0 Å². The van der Waals surface area contributed by atoms with E-state index in [1.54, 1.807) is 11.4 Å². The standard InChI is InChI=1S/C24H23N3O3S2/c28-20-12-18(23(30)27-9-4-7-16(13-27)15-5-2-1-3-6-15)11-19-21(20)32-24(25-19)26-22(29)17-8-10-31-14-17/h1-3,5-6,8,10,14,16,18H,4,7,9,11-13H2,(H,25,26,29). The first-order valence-electron chi connectivity index (χ1n) is 10.8. The second kappa shape index (κ2) is 8.96. The smallest absolute Gasteiger partial charge is 0.258 e. The minimum absolute atomic E-state index is 0.0430. The fourth-order valence-electron chi connectivity index (χ4n) is 4.55. The number of fused-ring (bicyclic) bond motifs is 1. The normalized spacial score (nSPS) is 20.6. The minimum atomic E-state index is -0.382. The number of hydrogen-bond donors (Lipinski definition) is 1. The first kappa shape index (κ1) is 21.0. The maximum Gasteiger partial charge on any atom is 0.258 e. The Kier molecular flexibility index (Phi) is 5.89. The number of thiophene rings is 1. The molecule has 1 aliphatic carbocycles. The molecule has 1 N–H and O–H groups in total. The number of likely N-dealkylation sites (tertiary alicyclic amines) is 1. The molecular weight excluding hydrogens is 442 g/mol. The lowest BCUT2D eigenvalue weighted by Gasteiger charge is -2.35. The zero-order valence-corrected chi connectivity index (χ0v) is 19.1. The van der Waals surface area contributed by atoms with Gasteiger partial charge in [-0.3, -0.25) is 19.7 Å². The second-order valence-corrected chi connectivity index (χ2v) is 10.1. The Hall–Kier alpha value is -2.84. The summed E-state index contributed by atoms with van der Waals surface area (Å²) >= 11 is 2.65. The number of piperidine rings is 1. The van der Waals surface area contributed by atoms with Gasteiger partial charge in [-0.05, 0) is 29.9 Å². The lowest BCUT2D eigenvalue weighted by atomic mass is 9.86. The monoisotopic (exact) mass is 465 g/mol. The fourth-order valence-corrected chi connectivity index (χ4v) is 6.13. The molecule has 3 aromatic rings. The average Bonchev–Trinajstić information content (AvgIpc) is 3.49. The molecule has 2 aromatic heterocycles.